The van der Waals surface area contributed by atoms with E-state index in [1.807, 2.05) is 0 Å². The van der Waals surface area contributed by atoms with Crippen LogP contribution in [-0.2, 0) is 132 Å². The van der Waals surface area contributed by atoms with Crippen LogP contribution in [0.4, 0.5) is 21.0 Å². The number of likely N-dealkylation sites (tertiary alicyclic amines) is 2. The van der Waals surface area contributed by atoms with Crippen LogP contribution < -0.4 is 60.7 Å². The summed E-state index contributed by atoms with van der Waals surface area (Å²) in [5, 5.41) is 34.4. The minimum atomic E-state index is -1.91. The number of carbonyl (C=O) groups excluding carboxylic acids is 15. The Morgan fingerprint density at radius 3 is 1.33 bits per heavy atom. The Kier molecular flexibility index (Phi) is 43.9. The molecule has 0 aromatic heterocycles. The molecule has 1 aliphatic carbocycles. The summed E-state index contributed by atoms with van der Waals surface area (Å²) in [4.78, 5) is 205. The van der Waals surface area contributed by atoms with Crippen LogP contribution in [0.2, 0.25) is 0 Å². The summed E-state index contributed by atoms with van der Waals surface area (Å²) >= 11 is 0. The van der Waals surface area contributed by atoms with Gasteiger partial charge in [-0.3, -0.25) is 68.2 Å². The third-order valence-corrected chi connectivity index (χ3v) is 21.4. The second-order valence-electron chi connectivity index (χ2n) is 31.7. The molecule has 13 atom stereocenters. The van der Waals surface area contributed by atoms with E-state index in [-0.39, 0.29) is 190 Å². The predicted octanol–water partition coefficient (Wildman–Crippen LogP) is 3.02. The highest BCUT2D eigenvalue weighted by molar-refractivity contribution is 6.05. The Labute approximate surface area is 799 Å². The Morgan fingerprint density at radius 2 is 0.892 bits per heavy atom. The molecule has 0 bridgehead atoms. The van der Waals surface area contributed by atoms with E-state index in [9.17, 15) is 82.1 Å². The van der Waals surface area contributed by atoms with E-state index in [2.05, 4.69) is 39.7 Å². The zero-order valence-corrected chi connectivity index (χ0v) is 79.1. The molecule has 1 saturated carbocycles. The maximum absolute atomic E-state index is 14.8. The van der Waals surface area contributed by atoms with Crippen molar-refractivity contribution in [2.45, 2.75) is 160 Å². The lowest BCUT2D eigenvalue weighted by atomic mass is 9.80. The van der Waals surface area contributed by atoms with Crippen molar-refractivity contribution in [1.29, 1.82) is 0 Å². The van der Waals surface area contributed by atoms with Gasteiger partial charge in [-0.05, 0) is 60.4 Å². The Hall–Kier alpha value is -13.5. The minimum Gasteiger partial charge on any atom is -0.493 e. The number of ether oxygens (including phenoxy) is 22. The fourth-order valence-electron chi connectivity index (χ4n) is 15.3. The summed E-state index contributed by atoms with van der Waals surface area (Å²) < 4.78 is 124. The summed E-state index contributed by atoms with van der Waals surface area (Å²) in [5.41, 5.74) is 5.77. The van der Waals surface area contributed by atoms with Crippen LogP contribution in [0.3, 0.4) is 0 Å². The van der Waals surface area contributed by atoms with Crippen molar-refractivity contribution in [3.63, 3.8) is 0 Å². The Bertz CT molecular complexity index is 4730. The topological polar surface area (TPSA) is 592 Å². The van der Waals surface area contributed by atoms with Crippen LogP contribution in [0.1, 0.15) is 126 Å². The van der Waals surface area contributed by atoms with Gasteiger partial charge < -0.3 is 146 Å². The lowest BCUT2D eigenvalue weighted by molar-refractivity contribution is -0.282. The van der Waals surface area contributed by atoms with Crippen LogP contribution in [-0.4, -0.2) is 337 Å². The number of nitrogens with one attached hydrogen (secondary N) is 5. The molecule has 4 aromatic rings. The van der Waals surface area contributed by atoms with Crippen molar-refractivity contribution in [3.05, 3.63) is 118 Å². The molecule has 8 rings (SSSR count). The van der Waals surface area contributed by atoms with Gasteiger partial charge in [-0.25, -0.2) is 14.4 Å². The molecule has 7 amide bonds. The van der Waals surface area contributed by atoms with Crippen molar-refractivity contribution in [2.24, 2.45) is 11.7 Å². The van der Waals surface area contributed by atoms with Crippen molar-refractivity contribution in [2.75, 3.05) is 165 Å². The standard InChI is InChI=1S/C92H120N8O39/c1-49-33-60(44-101)99(42-49)86(112)62-37-71(120-11)73(40-67(62)97-91(116)129-46-57-15-17-69(64(35-57)84(110)94-22-27-118-9)137-75-39-66(88(114)122-13)77(131-51(3)103)79(133-53(5)105)78(75)132-52(4)104)127-24-19-59(96-76(109)48-126-32-31-125-30-29-124-26-21-93)20-25-128-74-41-68(63(38-72(74)121-12)87(113)100-43-50(2)34-61(100)45-102)98-92(117)130-47-58-16-18-70(65(36-58)85(111)95-23-28-119-10)138-90-83(136-56(8)108)81(135-55(7)107)80(134-54(6)106)82(139-90)89(115)123-14/h15-18,35-38,40-41,59-61,66,75,77-83,90,101-102H,1-2,19-34,39,42-48,93H2,3-14H3,(H,94,110)(H,95,111)(H,96,109)(H,97,116)(H,98,117)/t59?,60?,61?,66-,75+,77+,78-,79-,80-,81-,82-,83+,90+/m0/s1. The average molecular weight is 1960 g/mol. The predicted molar refractivity (Wildman–Crippen MR) is 479 cm³/mol. The molecule has 762 valence electrons. The second-order valence-corrected chi connectivity index (χ2v) is 31.7. The Morgan fingerprint density at radius 1 is 0.468 bits per heavy atom. The summed E-state index contributed by atoms with van der Waals surface area (Å²) in [7, 11) is 7.41. The van der Waals surface area contributed by atoms with Crippen molar-refractivity contribution < 1.29 is 186 Å². The first-order valence-electron chi connectivity index (χ1n) is 44.0. The van der Waals surface area contributed by atoms with Crippen LogP contribution in [0.5, 0.6) is 34.5 Å². The van der Waals surface area contributed by atoms with E-state index >= 15 is 0 Å². The van der Waals surface area contributed by atoms with Gasteiger partial charge in [0.05, 0.1) is 147 Å². The maximum atomic E-state index is 14.8. The van der Waals surface area contributed by atoms with Gasteiger partial charge in [0, 0.05) is 126 Å². The first-order chi connectivity index (χ1) is 66.5. The van der Waals surface area contributed by atoms with Gasteiger partial charge >= 0.3 is 59.9 Å². The monoisotopic (exact) mass is 1960 g/mol. The zero-order valence-electron chi connectivity index (χ0n) is 79.1. The van der Waals surface area contributed by atoms with E-state index in [0.717, 1.165) is 55.8 Å². The first kappa shape index (κ1) is 111. The number of hydrogen-bond donors (Lipinski definition) is 8. The highest BCUT2D eigenvalue weighted by atomic mass is 16.7. The minimum absolute atomic E-state index is 0.0101. The lowest BCUT2D eigenvalue weighted by Crippen LogP contribution is -2.64. The van der Waals surface area contributed by atoms with Crippen LogP contribution in [0, 0.1) is 5.92 Å². The van der Waals surface area contributed by atoms with Crippen molar-refractivity contribution in [3.8, 4) is 34.5 Å². The Balaban J connectivity index is 1.07. The highest BCUT2D eigenvalue weighted by Crippen LogP contribution is 2.42. The summed E-state index contributed by atoms with van der Waals surface area (Å²) in [5.74, 6) is -13.3. The quantitative estimate of drug-likeness (QED) is 0.0136. The van der Waals surface area contributed by atoms with Gasteiger partial charge in [-0.15, -0.1) is 0 Å². The number of esters is 8. The van der Waals surface area contributed by atoms with Gasteiger partial charge in [0.15, 0.2) is 59.6 Å². The molecule has 47 heteroatoms. The maximum Gasteiger partial charge on any atom is 0.411 e. The van der Waals surface area contributed by atoms with E-state index in [1.54, 1.807) is 0 Å². The molecule has 3 unspecified atom stereocenters. The lowest BCUT2D eigenvalue weighted by Gasteiger charge is -2.43. The fourth-order valence-corrected chi connectivity index (χ4v) is 15.3. The van der Waals surface area contributed by atoms with Gasteiger partial charge in [0.1, 0.15) is 43.3 Å². The van der Waals surface area contributed by atoms with Gasteiger partial charge in [-0.2, -0.15) is 0 Å². The molecular weight excluding hydrogens is 1840 g/mol. The molecule has 4 aliphatic rings. The van der Waals surface area contributed by atoms with Crippen LogP contribution in [0.15, 0.2) is 85.0 Å². The van der Waals surface area contributed by atoms with Gasteiger partial charge in [-0.1, -0.05) is 36.4 Å². The molecule has 3 saturated heterocycles. The summed E-state index contributed by atoms with van der Waals surface area (Å²) in [6.45, 7) is 12.3. The zero-order chi connectivity index (χ0) is 102. The summed E-state index contributed by atoms with van der Waals surface area (Å²) in [6.07, 6.45) is -17.6. The number of rotatable bonds is 51. The van der Waals surface area contributed by atoms with E-state index in [4.69, 9.17) is 110 Å². The fraction of sp³-hybridized carbons (Fsp3) is 0.533. The number of anilines is 2. The molecule has 47 nitrogen and oxygen atoms in total. The van der Waals surface area contributed by atoms with E-state index in [0.29, 0.717) is 24.3 Å². The van der Waals surface area contributed by atoms with Crippen molar-refractivity contribution >= 4 is 101 Å². The molecule has 4 aromatic carbocycles. The number of aliphatic hydroxyl groups is 2. The SMILES string of the molecule is C=C1CC(CO)N(C(=O)c2cc(OC)c(OCCC(CCOc3cc(NC(=O)OCc4ccc(O[C@@H]5C[C@H](C(=O)OC)[C@@H](OC(C)=O)[C@H](OC(C)=O)[C@H]5OC(C)=O)c(C(=O)NCCOC)c4)c(C(=O)N4CC(=C)CC4CO)cc3OC)NC(=O)COCCOCCOCCN)cc2NC(=O)OCc2ccc(O[C@@H]3O[C@H](C(=O)OC)[C@@H](OC(C)=O)[C@H](OC(C)=O)[C@H]3OC(C)=O)c(C(=O)NCCOC)c2)C1. The molecule has 0 radical (unpaired) electrons. The molecule has 4 fully saturated rings. The van der Waals surface area contributed by atoms with E-state index in [1.165, 1.54) is 98.9 Å². The molecule has 139 heavy (non-hydrogen) atoms. The number of hydrogen-bond acceptors (Lipinski definition) is 40. The first-order valence-corrected chi connectivity index (χ1v) is 44.0. The largest absolute Gasteiger partial charge is 0.493 e. The number of aliphatic hydroxyl groups excluding tert-OH is 2. The third kappa shape index (κ3) is 32.5. The van der Waals surface area contributed by atoms with Crippen molar-refractivity contribution in [1.82, 2.24) is 25.8 Å². The number of methoxy groups -OCH3 is 6. The highest BCUT2D eigenvalue weighted by Gasteiger charge is 2.57. The third-order valence-electron chi connectivity index (χ3n) is 21.4. The van der Waals surface area contributed by atoms with Gasteiger partial charge in [0.25, 0.3) is 23.6 Å². The van der Waals surface area contributed by atoms with E-state index < -0.39 is 202 Å². The number of nitrogens with zero attached hydrogens (tertiary/aromatic N) is 2. The van der Waals surface area contributed by atoms with Crippen LogP contribution >= 0.6 is 0 Å². The molecule has 3 aliphatic heterocycles. The molecule has 9 N–H and O–H groups in total. The average Bonchev–Trinajstić information content (AvgIpc) is 1.51. The molecular formula is C92H120N8O39. The normalized spacial score (nSPS) is 20.0. The smallest absolute Gasteiger partial charge is 0.411 e. The van der Waals surface area contributed by atoms with Gasteiger partial charge in [0.2, 0.25) is 18.3 Å². The molecule has 0 spiro atoms. The number of nitrogens with two attached hydrogens (primary N) is 1. The summed E-state index contributed by atoms with van der Waals surface area (Å²) in [6, 6.07) is 10.6. The number of benzene rings is 4. The number of amides is 7. The second kappa shape index (κ2) is 55.1. The number of carbonyl (C=O) groups is 15. The van der Waals surface area contributed by atoms with Crippen LogP contribution in [0.25, 0.3) is 0 Å². The molecule has 3 heterocycles.